The number of halogens is 2. The van der Waals surface area contributed by atoms with E-state index in [-0.39, 0.29) is 13.1 Å². The third kappa shape index (κ3) is 4.44. The first-order valence-electron chi connectivity index (χ1n) is 9.45. The van der Waals surface area contributed by atoms with E-state index < -0.39 is 29.7 Å². The molecule has 2 aromatic rings. The maximum atomic E-state index is 13.2. The predicted molar refractivity (Wildman–Crippen MR) is 115 cm³/mol. The highest BCUT2D eigenvalue weighted by molar-refractivity contribution is 9.10. The fraction of sp³-hybridized carbons (Fsp3) is 0.190. The summed E-state index contributed by atoms with van der Waals surface area (Å²) in [7, 11) is 1.70. The van der Waals surface area contributed by atoms with E-state index in [4.69, 9.17) is 0 Å². The first kappa shape index (κ1) is 21.0. The molecule has 31 heavy (non-hydrogen) atoms. The van der Waals surface area contributed by atoms with Crippen LogP contribution in [0.1, 0.15) is 5.56 Å². The van der Waals surface area contributed by atoms with E-state index in [9.17, 15) is 18.8 Å². The molecule has 0 aromatic heterocycles. The molecule has 8 nitrogen and oxygen atoms in total. The van der Waals surface area contributed by atoms with Crippen LogP contribution in [0.25, 0.3) is 0 Å². The van der Waals surface area contributed by atoms with Crippen molar-refractivity contribution in [2.24, 2.45) is 0 Å². The minimum absolute atomic E-state index is 0.0298. The van der Waals surface area contributed by atoms with Crippen LogP contribution in [-0.2, 0) is 16.1 Å². The van der Waals surface area contributed by atoms with E-state index in [0.29, 0.717) is 16.9 Å². The second kappa shape index (κ2) is 8.48. The van der Waals surface area contributed by atoms with Gasteiger partial charge in [-0.25, -0.2) is 14.6 Å². The first-order chi connectivity index (χ1) is 14.8. The van der Waals surface area contributed by atoms with Crippen molar-refractivity contribution in [3.05, 3.63) is 76.3 Å². The maximum absolute atomic E-state index is 13.2. The van der Waals surface area contributed by atoms with Gasteiger partial charge in [-0.1, -0.05) is 28.1 Å². The third-order valence-electron chi connectivity index (χ3n) is 4.92. The molecule has 2 aliphatic rings. The molecule has 1 fully saturated rings. The minimum Gasteiger partial charge on any atom is -0.325 e. The highest BCUT2D eigenvalue weighted by Crippen LogP contribution is 2.27. The van der Waals surface area contributed by atoms with Crippen molar-refractivity contribution in [2.45, 2.75) is 12.6 Å². The van der Waals surface area contributed by atoms with Crippen LogP contribution < -0.4 is 10.7 Å². The van der Waals surface area contributed by atoms with Gasteiger partial charge in [-0.2, -0.15) is 0 Å². The van der Waals surface area contributed by atoms with E-state index >= 15 is 0 Å². The molecule has 2 N–H and O–H groups in total. The van der Waals surface area contributed by atoms with Gasteiger partial charge in [0.15, 0.2) is 0 Å². The molecule has 2 aliphatic heterocycles. The molecule has 2 aromatic carbocycles. The predicted octanol–water partition coefficient (Wildman–Crippen LogP) is 2.65. The quantitative estimate of drug-likeness (QED) is 0.677. The standard InChI is InChI=1S/C21H19BrFN5O3/c1-26-11-17-19(25-26)20(30)28(10-13-2-6-15(23)7-3-13)21(31)27(17)12-18(29)24-16-8-4-14(22)5-9-16/h2-9,11,19,25H,10,12H2,1H3,(H,24,29). The molecular formula is C21H19BrFN5O3. The fourth-order valence-corrected chi connectivity index (χ4v) is 3.71. The molecule has 1 unspecified atom stereocenters. The number of amides is 4. The largest absolute Gasteiger partial charge is 0.331 e. The summed E-state index contributed by atoms with van der Waals surface area (Å²) in [6, 6.07) is 11.2. The van der Waals surface area contributed by atoms with Crippen molar-refractivity contribution >= 4 is 39.5 Å². The molecule has 4 amide bonds. The van der Waals surface area contributed by atoms with Gasteiger partial charge in [0.2, 0.25) is 5.91 Å². The number of hydrogen-bond donors (Lipinski definition) is 2. The average molecular weight is 488 g/mol. The highest BCUT2D eigenvalue weighted by Gasteiger charge is 2.46. The minimum atomic E-state index is -0.788. The van der Waals surface area contributed by atoms with E-state index in [1.54, 1.807) is 42.5 Å². The fourth-order valence-electron chi connectivity index (χ4n) is 3.45. The topological polar surface area (TPSA) is 85.0 Å². The SMILES string of the molecule is CN1C=C2C(N1)C(=O)N(Cc1ccc(F)cc1)C(=O)N2CC(=O)Nc1ccc(Br)cc1. The van der Waals surface area contributed by atoms with Crippen molar-refractivity contribution in [3.63, 3.8) is 0 Å². The summed E-state index contributed by atoms with van der Waals surface area (Å²) in [6.07, 6.45) is 1.61. The molecule has 2 heterocycles. The maximum Gasteiger partial charge on any atom is 0.331 e. The molecule has 1 saturated heterocycles. The smallest absolute Gasteiger partial charge is 0.325 e. The second-order valence-corrected chi connectivity index (χ2v) is 8.12. The van der Waals surface area contributed by atoms with E-state index in [1.165, 1.54) is 29.2 Å². The summed E-state index contributed by atoms with van der Waals surface area (Å²) in [5.74, 6) is -1.24. The first-order valence-corrected chi connectivity index (χ1v) is 10.2. The molecule has 160 valence electrons. The zero-order valence-electron chi connectivity index (χ0n) is 16.5. The normalized spacial score (nSPS) is 18.2. The Morgan fingerprint density at radius 1 is 1.10 bits per heavy atom. The Morgan fingerprint density at radius 2 is 1.77 bits per heavy atom. The molecule has 0 radical (unpaired) electrons. The van der Waals surface area contributed by atoms with E-state index in [1.807, 2.05) is 0 Å². The summed E-state index contributed by atoms with van der Waals surface area (Å²) in [6.45, 7) is -0.294. The van der Waals surface area contributed by atoms with Crippen LogP contribution in [0.3, 0.4) is 0 Å². The third-order valence-corrected chi connectivity index (χ3v) is 5.45. The van der Waals surface area contributed by atoms with Crippen LogP contribution in [0.5, 0.6) is 0 Å². The van der Waals surface area contributed by atoms with Gasteiger partial charge in [0, 0.05) is 23.4 Å². The lowest BCUT2D eigenvalue weighted by Crippen LogP contribution is -2.60. The lowest BCUT2D eigenvalue weighted by Gasteiger charge is -2.37. The summed E-state index contributed by atoms with van der Waals surface area (Å²) in [4.78, 5) is 41.1. The van der Waals surface area contributed by atoms with Gasteiger partial charge in [-0.3, -0.25) is 19.4 Å². The van der Waals surface area contributed by atoms with E-state index in [2.05, 4.69) is 26.7 Å². The molecule has 0 spiro atoms. The van der Waals surface area contributed by atoms with Gasteiger partial charge in [0.1, 0.15) is 18.4 Å². The van der Waals surface area contributed by atoms with Crippen LogP contribution in [0.2, 0.25) is 0 Å². The highest BCUT2D eigenvalue weighted by atomic mass is 79.9. The Balaban J connectivity index is 1.55. The molecule has 4 rings (SSSR count). The van der Waals surface area contributed by atoms with Crippen LogP contribution >= 0.6 is 15.9 Å². The molecular weight excluding hydrogens is 469 g/mol. The van der Waals surface area contributed by atoms with Crippen LogP contribution in [0, 0.1) is 5.82 Å². The van der Waals surface area contributed by atoms with Gasteiger partial charge in [0.05, 0.1) is 12.2 Å². The number of carbonyl (C=O) groups is 3. The number of imide groups is 1. The van der Waals surface area contributed by atoms with Gasteiger partial charge in [-0.15, -0.1) is 0 Å². The summed E-state index contributed by atoms with van der Waals surface area (Å²) in [5.41, 5.74) is 4.56. The number of nitrogens with zero attached hydrogens (tertiary/aromatic N) is 3. The molecule has 1 atom stereocenters. The van der Waals surface area contributed by atoms with Gasteiger partial charge in [-0.05, 0) is 42.0 Å². The summed E-state index contributed by atoms with van der Waals surface area (Å²) < 4.78 is 14.1. The number of hydrogen-bond acceptors (Lipinski definition) is 5. The van der Waals surface area contributed by atoms with Crippen molar-refractivity contribution in [2.75, 3.05) is 18.9 Å². The summed E-state index contributed by atoms with van der Waals surface area (Å²) in [5, 5.41) is 4.33. The number of rotatable bonds is 5. The van der Waals surface area contributed by atoms with Crippen LogP contribution in [-0.4, -0.2) is 52.3 Å². The Bertz CT molecular complexity index is 1060. The number of hydrazine groups is 1. The number of anilines is 1. The number of benzene rings is 2. The Morgan fingerprint density at radius 3 is 2.45 bits per heavy atom. The monoisotopic (exact) mass is 487 g/mol. The second-order valence-electron chi connectivity index (χ2n) is 7.20. The van der Waals surface area contributed by atoms with Gasteiger partial charge < -0.3 is 10.3 Å². The average Bonchev–Trinajstić information content (AvgIpc) is 3.13. The number of urea groups is 1. The lowest BCUT2D eigenvalue weighted by molar-refractivity contribution is -0.133. The number of fused-ring (bicyclic) bond motifs is 1. The summed E-state index contributed by atoms with van der Waals surface area (Å²) >= 11 is 3.34. The van der Waals surface area contributed by atoms with Gasteiger partial charge >= 0.3 is 6.03 Å². The van der Waals surface area contributed by atoms with Crippen LogP contribution in [0.4, 0.5) is 14.9 Å². The Labute approximate surface area is 186 Å². The zero-order valence-corrected chi connectivity index (χ0v) is 18.1. The number of carbonyl (C=O) groups excluding carboxylic acids is 3. The lowest BCUT2D eigenvalue weighted by atomic mass is 10.1. The van der Waals surface area contributed by atoms with E-state index in [0.717, 1.165) is 9.37 Å². The van der Waals surface area contributed by atoms with Crippen molar-refractivity contribution < 1.29 is 18.8 Å². The van der Waals surface area contributed by atoms with Crippen molar-refractivity contribution in [1.82, 2.24) is 20.2 Å². The van der Waals surface area contributed by atoms with Gasteiger partial charge in [0.25, 0.3) is 5.91 Å². The molecule has 0 bridgehead atoms. The molecule has 0 aliphatic carbocycles. The van der Waals surface area contributed by atoms with Crippen molar-refractivity contribution in [1.29, 1.82) is 0 Å². The van der Waals surface area contributed by atoms with Crippen LogP contribution in [0.15, 0.2) is 64.9 Å². The Hall–Kier alpha value is -3.24. The molecule has 10 heteroatoms. The molecule has 0 saturated carbocycles. The zero-order chi connectivity index (χ0) is 22.1. The number of nitrogens with one attached hydrogen (secondary N) is 2. The van der Waals surface area contributed by atoms with Crippen molar-refractivity contribution in [3.8, 4) is 0 Å². The Kier molecular flexibility index (Phi) is 5.75.